The SMILES string of the molecule is COC1(c2noc(CC(O)C(C)(C)C)n2)CCC1. The number of hydrogen-bond donors (Lipinski definition) is 1. The summed E-state index contributed by atoms with van der Waals surface area (Å²) in [6.45, 7) is 5.95. The van der Waals surface area contributed by atoms with E-state index in [-0.39, 0.29) is 11.0 Å². The maximum absolute atomic E-state index is 10.0. The minimum absolute atomic E-state index is 0.190. The minimum atomic E-state index is -0.495. The standard InChI is InChI=1S/C13H22N2O3/c1-12(2,3)9(16)8-10-14-11(15-18-10)13(17-4)6-5-7-13/h9,16H,5-8H2,1-4H3. The Morgan fingerprint density at radius 3 is 2.56 bits per heavy atom. The van der Waals surface area contributed by atoms with E-state index in [9.17, 15) is 5.11 Å². The van der Waals surface area contributed by atoms with Crippen LogP contribution in [0.1, 0.15) is 51.7 Å². The molecule has 1 atom stereocenters. The molecule has 102 valence electrons. The van der Waals surface area contributed by atoms with Gasteiger partial charge in [-0.1, -0.05) is 25.9 Å². The molecular weight excluding hydrogens is 232 g/mol. The zero-order chi connectivity index (χ0) is 13.4. The summed E-state index contributed by atoms with van der Waals surface area (Å²) in [6, 6.07) is 0. The van der Waals surface area contributed by atoms with Crippen LogP contribution in [0.4, 0.5) is 0 Å². The first-order valence-electron chi connectivity index (χ1n) is 6.44. The predicted molar refractivity (Wildman–Crippen MR) is 66.0 cm³/mol. The summed E-state index contributed by atoms with van der Waals surface area (Å²) in [5.41, 5.74) is -0.543. The van der Waals surface area contributed by atoms with E-state index in [4.69, 9.17) is 9.26 Å². The number of methoxy groups -OCH3 is 1. The van der Waals surface area contributed by atoms with E-state index in [1.807, 2.05) is 20.8 Å². The van der Waals surface area contributed by atoms with Gasteiger partial charge in [0.2, 0.25) is 11.7 Å². The number of aliphatic hydroxyl groups is 1. The van der Waals surface area contributed by atoms with Crippen LogP contribution in [0.15, 0.2) is 4.52 Å². The summed E-state index contributed by atoms with van der Waals surface area (Å²) < 4.78 is 10.7. The molecular formula is C13H22N2O3. The van der Waals surface area contributed by atoms with Gasteiger partial charge in [-0.3, -0.25) is 0 Å². The van der Waals surface area contributed by atoms with Crippen LogP contribution in [-0.4, -0.2) is 28.5 Å². The third-order valence-corrected chi connectivity index (χ3v) is 3.80. The molecule has 1 N–H and O–H groups in total. The summed E-state index contributed by atoms with van der Waals surface area (Å²) in [6.07, 6.45) is 2.89. The van der Waals surface area contributed by atoms with E-state index in [2.05, 4.69) is 10.1 Å². The molecule has 1 aromatic rings. The van der Waals surface area contributed by atoms with Crippen LogP contribution in [0, 0.1) is 5.41 Å². The molecule has 18 heavy (non-hydrogen) atoms. The van der Waals surface area contributed by atoms with Gasteiger partial charge in [-0.2, -0.15) is 4.98 Å². The van der Waals surface area contributed by atoms with Crippen LogP contribution in [0.2, 0.25) is 0 Å². The largest absolute Gasteiger partial charge is 0.392 e. The van der Waals surface area contributed by atoms with Crippen LogP contribution < -0.4 is 0 Å². The van der Waals surface area contributed by atoms with Gasteiger partial charge in [0.1, 0.15) is 5.60 Å². The molecule has 0 aromatic carbocycles. The molecule has 2 rings (SSSR count). The monoisotopic (exact) mass is 254 g/mol. The van der Waals surface area contributed by atoms with Crippen molar-refractivity contribution in [2.75, 3.05) is 7.11 Å². The highest BCUT2D eigenvalue weighted by molar-refractivity contribution is 5.07. The van der Waals surface area contributed by atoms with Gasteiger partial charge in [-0.15, -0.1) is 0 Å². The van der Waals surface area contributed by atoms with Crippen molar-refractivity contribution in [1.29, 1.82) is 0 Å². The van der Waals surface area contributed by atoms with Crippen molar-refractivity contribution < 1.29 is 14.4 Å². The van der Waals surface area contributed by atoms with Gasteiger partial charge in [0.15, 0.2) is 0 Å². The van der Waals surface area contributed by atoms with Crippen LogP contribution in [0.25, 0.3) is 0 Å². The lowest BCUT2D eigenvalue weighted by molar-refractivity contribution is -0.0858. The molecule has 5 heteroatoms. The first-order valence-corrected chi connectivity index (χ1v) is 6.44. The number of hydrogen-bond acceptors (Lipinski definition) is 5. The summed E-state index contributed by atoms with van der Waals surface area (Å²) in [5.74, 6) is 1.10. The quantitative estimate of drug-likeness (QED) is 0.890. The van der Waals surface area contributed by atoms with Crippen molar-refractivity contribution in [2.45, 2.75) is 58.2 Å². The third-order valence-electron chi connectivity index (χ3n) is 3.80. The molecule has 1 aliphatic rings. The topological polar surface area (TPSA) is 68.4 Å². The number of ether oxygens (including phenoxy) is 1. The Labute approximate surface area is 108 Å². The first kappa shape index (κ1) is 13.5. The molecule has 1 saturated carbocycles. The van der Waals surface area contributed by atoms with E-state index in [0.29, 0.717) is 18.1 Å². The van der Waals surface area contributed by atoms with Crippen molar-refractivity contribution in [3.05, 3.63) is 11.7 Å². The van der Waals surface area contributed by atoms with Gasteiger partial charge in [-0.05, 0) is 24.7 Å². The predicted octanol–water partition coefficient (Wildman–Crippen LogP) is 2.04. The molecule has 5 nitrogen and oxygen atoms in total. The third kappa shape index (κ3) is 2.42. The van der Waals surface area contributed by atoms with Crippen molar-refractivity contribution in [3.63, 3.8) is 0 Å². The van der Waals surface area contributed by atoms with E-state index < -0.39 is 6.10 Å². The van der Waals surface area contributed by atoms with Gasteiger partial charge in [0.25, 0.3) is 0 Å². The molecule has 1 unspecified atom stereocenters. The average molecular weight is 254 g/mol. The average Bonchev–Trinajstić information content (AvgIpc) is 2.64. The van der Waals surface area contributed by atoms with Gasteiger partial charge >= 0.3 is 0 Å². The number of nitrogens with zero attached hydrogens (tertiary/aromatic N) is 2. The molecule has 0 saturated heterocycles. The molecule has 0 aliphatic heterocycles. The lowest BCUT2D eigenvalue weighted by Crippen LogP contribution is -2.37. The van der Waals surface area contributed by atoms with Gasteiger partial charge in [0, 0.05) is 7.11 Å². The Morgan fingerprint density at radius 1 is 1.44 bits per heavy atom. The number of aromatic nitrogens is 2. The molecule has 1 aromatic heterocycles. The highest BCUT2D eigenvalue weighted by Gasteiger charge is 2.43. The van der Waals surface area contributed by atoms with Crippen LogP contribution >= 0.6 is 0 Å². The van der Waals surface area contributed by atoms with Gasteiger partial charge < -0.3 is 14.4 Å². The second kappa shape index (κ2) is 4.63. The van der Waals surface area contributed by atoms with Gasteiger partial charge in [-0.25, -0.2) is 0 Å². The van der Waals surface area contributed by atoms with Crippen LogP contribution in [0.5, 0.6) is 0 Å². The summed E-state index contributed by atoms with van der Waals surface area (Å²) >= 11 is 0. The van der Waals surface area contributed by atoms with Crippen LogP contribution in [0.3, 0.4) is 0 Å². The highest BCUT2D eigenvalue weighted by Crippen LogP contribution is 2.42. The van der Waals surface area contributed by atoms with E-state index in [1.165, 1.54) is 0 Å². The van der Waals surface area contributed by atoms with Crippen molar-refractivity contribution in [2.24, 2.45) is 5.41 Å². The Balaban J connectivity index is 2.07. The fraction of sp³-hybridized carbons (Fsp3) is 0.846. The van der Waals surface area contributed by atoms with Crippen LogP contribution in [-0.2, 0) is 16.8 Å². The van der Waals surface area contributed by atoms with Crippen molar-refractivity contribution in [3.8, 4) is 0 Å². The zero-order valence-electron chi connectivity index (χ0n) is 11.6. The Hall–Kier alpha value is -0.940. The molecule has 0 amide bonds. The van der Waals surface area contributed by atoms with Gasteiger partial charge in [0.05, 0.1) is 12.5 Å². The second-order valence-corrected chi connectivity index (χ2v) is 6.15. The van der Waals surface area contributed by atoms with E-state index >= 15 is 0 Å². The zero-order valence-corrected chi connectivity index (χ0v) is 11.6. The summed E-state index contributed by atoms with van der Waals surface area (Å²) in [7, 11) is 1.68. The molecule has 1 aliphatic carbocycles. The van der Waals surface area contributed by atoms with Crippen molar-refractivity contribution in [1.82, 2.24) is 10.1 Å². The lowest BCUT2D eigenvalue weighted by Gasteiger charge is -2.37. The molecule has 1 heterocycles. The van der Waals surface area contributed by atoms with Crippen molar-refractivity contribution >= 4 is 0 Å². The maximum atomic E-state index is 10.0. The molecule has 0 radical (unpaired) electrons. The Bertz CT molecular complexity index is 399. The second-order valence-electron chi connectivity index (χ2n) is 6.15. The van der Waals surface area contributed by atoms with E-state index in [1.54, 1.807) is 7.11 Å². The fourth-order valence-corrected chi connectivity index (χ4v) is 2.01. The molecule has 0 bridgehead atoms. The smallest absolute Gasteiger partial charge is 0.229 e. The number of rotatable bonds is 4. The summed E-state index contributed by atoms with van der Waals surface area (Å²) in [5, 5.41) is 14.0. The molecule has 0 spiro atoms. The maximum Gasteiger partial charge on any atom is 0.229 e. The van der Waals surface area contributed by atoms with E-state index in [0.717, 1.165) is 19.3 Å². The first-order chi connectivity index (χ1) is 8.37. The summed E-state index contributed by atoms with van der Waals surface area (Å²) in [4.78, 5) is 4.37. The lowest BCUT2D eigenvalue weighted by atomic mass is 9.79. The Morgan fingerprint density at radius 2 is 2.11 bits per heavy atom. The molecule has 1 fully saturated rings. The Kier molecular flexibility index (Phi) is 3.47. The number of aliphatic hydroxyl groups excluding tert-OH is 1. The fourth-order valence-electron chi connectivity index (χ4n) is 2.01. The highest BCUT2D eigenvalue weighted by atomic mass is 16.5. The minimum Gasteiger partial charge on any atom is -0.392 e. The normalized spacial score (nSPS) is 20.5.